The van der Waals surface area contributed by atoms with E-state index in [1.807, 2.05) is 0 Å². The van der Waals surface area contributed by atoms with Crippen molar-refractivity contribution >= 4 is 11.9 Å². The number of amides is 1. The second kappa shape index (κ2) is 6.17. The lowest BCUT2D eigenvalue weighted by Gasteiger charge is -2.07. The van der Waals surface area contributed by atoms with E-state index >= 15 is 0 Å². The molecule has 1 aromatic rings. The standard InChI is InChI=1S/C13H14FNO4/c14-9-2-1-3-11(6-9)18-8-13(17)19-7-12(16)15-10-4-5-10/h1-3,6,10H,4-5,7-8H2,(H,15,16). The molecule has 5 nitrogen and oxygen atoms in total. The Labute approximate surface area is 109 Å². The van der Waals surface area contributed by atoms with Gasteiger partial charge in [0.2, 0.25) is 0 Å². The molecule has 6 heteroatoms. The van der Waals surface area contributed by atoms with Crippen molar-refractivity contribution in [2.45, 2.75) is 18.9 Å². The number of hydrogen-bond acceptors (Lipinski definition) is 4. The Morgan fingerprint density at radius 1 is 1.32 bits per heavy atom. The molecule has 19 heavy (non-hydrogen) atoms. The molecule has 0 spiro atoms. The molecular formula is C13H14FNO4. The summed E-state index contributed by atoms with van der Waals surface area (Å²) in [5, 5.41) is 2.68. The molecule has 0 saturated heterocycles. The highest BCUT2D eigenvalue weighted by molar-refractivity contribution is 5.81. The Morgan fingerprint density at radius 2 is 2.11 bits per heavy atom. The summed E-state index contributed by atoms with van der Waals surface area (Å²) in [7, 11) is 0. The van der Waals surface area contributed by atoms with Crippen LogP contribution in [-0.2, 0) is 14.3 Å². The first-order chi connectivity index (χ1) is 9.13. The average molecular weight is 267 g/mol. The molecule has 0 aromatic heterocycles. The molecule has 0 radical (unpaired) electrons. The van der Waals surface area contributed by atoms with Crippen molar-refractivity contribution in [3.05, 3.63) is 30.1 Å². The largest absolute Gasteiger partial charge is 0.482 e. The zero-order chi connectivity index (χ0) is 13.7. The summed E-state index contributed by atoms with van der Waals surface area (Å²) in [5.41, 5.74) is 0. The van der Waals surface area contributed by atoms with Gasteiger partial charge in [-0.25, -0.2) is 9.18 Å². The highest BCUT2D eigenvalue weighted by Crippen LogP contribution is 2.18. The molecule has 0 unspecified atom stereocenters. The molecule has 0 aliphatic heterocycles. The fraction of sp³-hybridized carbons (Fsp3) is 0.385. The van der Waals surface area contributed by atoms with E-state index in [4.69, 9.17) is 9.47 Å². The van der Waals surface area contributed by atoms with Crippen LogP contribution in [0.1, 0.15) is 12.8 Å². The lowest BCUT2D eigenvalue weighted by molar-refractivity contribution is -0.150. The van der Waals surface area contributed by atoms with Crippen LogP contribution >= 0.6 is 0 Å². The molecule has 0 bridgehead atoms. The maximum Gasteiger partial charge on any atom is 0.344 e. The molecule has 1 aliphatic rings. The SMILES string of the molecule is O=C(COC(=O)COc1cccc(F)c1)NC1CC1. The van der Waals surface area contributed by atoms with Crippen LogP contribution in [0.25, 0.3) is 0 Å². The van der Waals surface area contributed by atoms with Crippen LogP contribution in [0.5, 0.6) is 5.75 Å². The summed E-state index contributed by atoms with van der Waals surface area (Å²) >= 11 is 0. The molecule has 1 aromatic carbocycles. The Hall–Kier alpha value is -2.11. The third-order valence-corrected chi connectivity index (χ3v) is 2.46. The fourth-order valence-corrected chi connectivity index (χ4v) is 1.38. The number of benzene rings is 1. The van der Waals surface area contributed by atoms with E-state index in [1.54, 1.807) is 0 Å². The van der Waals surface area contributed by atoms with E-state index in [1.165, 1.54) is 18.2 Å². The Morgan fingerprint density at radius 3 is 2.79 bits per heavy atom. The van der Waals surface area contributed by atoms with E-state index in [2.05, 4.69) is 5.32 Å². The van der Waals surface area contributed by atoms with Crippen LogP contribution in [0.4, 0.5) is 4.39 Å². The fourth-order valence-electron chi connectivity index (χ4n) is 1.38. The summed E-state index contributed by atoms with van der Waals surface area (Å²) in [6.07, 6.45) is 1.95. The van der Waals surface area contributed by atoms with Gasteiger partial charge in [0.15, 0.2) is 13.2 Å². The minimum absolute atomic E-state index is 0.231. The van der Waals surface area contributed by atoms with E-state index in [9.17, 15) is 14.0 Å². The molecule has 1 saturated carbocycles. The lowest BCUT2D eigenvalue weighted by Crippen LogP contribution is -2.31. The quantitative estimate of drug-likeness (QED) is 0.782. The molecule has 0 heterocycles. The molecule has 1 fully saturated rings. The summed E-state index contributed by atoms with van der Waals surface area (Å²) in [6, 6.07) is 5.66. The van der Waals surface area contributed by atoms with Gasteiger partial charge in [-0.2, -0.15) is 0 Å². The first-order valence-corrected chi connectivity index (χ1v) is 5.97. The minimum atomic E-state index is -0.671. The average Bonchev–Trinajstić information content (AvgIpc) is 3.18. The van der Waals surface area contributed by atoms with Gasteiger partial charge in [0.25, 0.3) is 5.91 Å². The van der Waals surface area contributed by atoms with Gasteiger partial charge >= 0.3 is 5.97 Å². The number of esters is 1. The van der Waals surface area contributed by atoms with Crippen molar-refractivity contribution in [1.29, 1.82) is 0 Å². The van der Waals surface area contributed by atoms with E-state index in [-0.39, 0.29) is 30.9 Å². The third-order valence-electron chi connectivity index (χ3n) is 2.46. The highest BCUT2D eigenvalue weighted by Gasteiger charge is 2.23. The number of ether oxygens (including phenoxy) is 2. The maximum absolute atomic E-state index is 12.8. The van der Waals surface area contributed by atoms with Gasteiger partial charge in [-0.05, 0) is 25.0 Å². The summed E-state index contributed by atoms with van der Waals surface area (Å²) in [6.45, 7) is -0.679. The van der Waals surface area contributed by atoms with Crippen LogP contribution in [-0.4, -0.2) is 31.1 Å². The van der Waals surface area contributed by atoms with Crippen LogP contribution in [0.2, 0.25) is 0 Å². The van der Waals surface area contributed by atoms with Gasteiger partial charge in [-0.15, -0.1) is 0 Å². The number of hydrogen-bond donors (Lipinski definition) is 1. The Bertz CT molecular complexity index is 473. The predicted molar refractivity (Wildman–Crippen MR) is 64.0 cm³/mol. The second-order valence-corrected chi connectivity index (χ2v) is 4.25. The van der Waals surface area contributed by atoms with Gasteiger partial charge in [-0.3, -0.25) is 4.79 Å². The third kappa shape index (κ3) is 4.95. The van der Waals surface area contributed by atoms with Gasteiger partial charge in [0.05, 0.1) is 0 Å². The van der Waals surface area contributed by atoms with Crippen LogP contribution in [0.3, 0.4) is 0 Å². The summed E-state index contributed by atoms with van der Waals surface area (Å²) in [5.74, 6) is -1.20. The molecule has 2 rings (SSSR count). The first-order valence-electron chi connectivity index (χ1n) is 5.97. The van der Waals surface area contributed by atoms with Crippen LogP contribution in [0.15, 0.2) is 24.3 Å². The number of carbonyl (C=O) groups excluding carboxylic acids is 2. The minimum Gasteiger partial charge on any atom is -0.482 e. The number of nitrogens with one attached hydrogen (secondary N) is 1. The van der Waals surface area contributed by atoms with E-state index in [0.717, 1.165) is 18.9 Å². The smallest absolute Gasteiger partial charge is 0.344 e. The second-order valence-electron chi connectivity index (χ2n) is 4.25. The predicted octanol–water partition coefficient (Wildman–Crippen LogP) is 1.03. The summed E-state index contributed by atoms with van der Waals surface area (Å²) in [4.78, 5) is 22.5. The zero-order valence-electron chi connectivity index (χ0n) is 10.2. The molecule has 0 atom stereocenters. The molecule has 1 aliphatic carbocycles. The number of halogens is 1. The number of rotatable bonds is 6. The lowest BCUT2D eigenvalue weighted by atomic mass is 10.3. The van der Waals surface area contributed by atoms with Crippen LogP contribution in [0, 0.1) is 5.82 Å². The monoisotopic (exact) mass is 267 g/mol. The van der Waals surface area contributed by atoms with Crippen molar-refractivity contribution in [3.63, 3.8) is 0 Å². The maximum atomic E-state index is 12.8. The molecular weight excluding hydrogens is 253 g/mol. The zero-order valence-corrected chi connectivity index (χ0v) is 10.2. The van der Waals surface area contributed by atoms with E-state index in [0.29, 0.717) is 0 Å². The van der Waals surface area contributed by atoms with Crippen molar-refractivity contribution in [2.24, 2.45) is 0 Å². The van der Waals surface area contributed by atoms with Gasteiger partial charge < -0.3 is 14.8 Å². The molecule has 102 valence electrons. The van der Waals surface area contributed by atoms with Gasteiger partial charge in [-0.1, -0.05) is 6.07 Å². The van der Waals surface area contributed by atoms with Crippen molar-refractivity contribution in [3.8, 4) is 5.75 Å². The van der Waals surface area contributed by atoms with Crippen LogP contribution < -0.4 is 10.1 Å². The van der Waals surface area contributed by atoms with Crippen molar-refractivity contribution < 1.29 is 23.5 Å². The molecule has 1 amide bonds. The van der Waals surface area contributed by atoms with Gasteiger partial charge in [0, 0.05) is 12.1 Å². The normalized spacial score (nSPS) is 13.7. The Kier molecular flexibility index (Phi) is 4.33. The molecule has 1 N–H and O–H groups in total. The van der Waals surface area contributed by atoms with Crippen molar-refractivity contribution in [1.82, 2.24) is 5.32 Å². The van der Waals surface area contributed by atoms with Gasteiger partial charge in [0.1, 0.15) is 11.6 Å². The van der Waals surface area contributed by atoms with E-state index < -0.39 is 11.8 Å². The Balaban J connectivity index is 1.65. The highest BCUT2D eigenvalue weighted by atomic mass is 19.1. The first kappa shape index (κ1) is 13.3. The topological polar surface area (TPSA) is 64.6 Å². The van der Waals surface area contributed by atoms with Crippen molar-refractivity contribution in [2.75, 3.05) is 13.2 Å². The number of carbonyl (C=O) groups is 2. The summed E-state index contributed by atoms with van der Waals surface area (Å²) < 4.78 is 22.6.